The van der Waals surface area contributed by atoms with Crippen LogP contribution in [-0.4, -0.2) is 63.2 Å². The zero-order valence-corrected chi connectivity index (χ0v) is 22.4. The van der Waals surface area contributed by atoms with Crippen molar-refractivity contribution in [2.24, 2.45) is 5.41 Å². The molecule has 192 valence electrons. The van der Waals surface area contributed by atoms with Gasteiger partial charge in [-0.1, -0.05) is 45.0 Å². The fourth-order valence-electron chi connectivity index (χ4n) is 4.21. The highest BCUT2D eigenvalue weighted by Crippen LogP contribution is 2.29. The van der Waals surface area contributed by atoms with E-state index in [0.29, 0.717) is 0 Å². The zero-order chi connectivity index (χ0) is 26.1. The Labute approximate surface area is 211 Å². The topological polar surface area (TPSA) is 94.6 Å². The van der Waals surface area contributed by atoms with Gasteiger partial charge in [-0.3, -0.25) is 9.59 Å². The monoisotopic (exact) mass is 504 g/mol. The number of hydrogen-bond acceptors (Lipinski definition) is 6. The molecule has 3 N–H and O–H groups in total. The number of aliphatic hydroxyl groups excluding tert-OH is 1. The maximum absolute atomic E-state index is 15.0. The summed E-state index contributed by atoms with van der Waals surface area (Å²) in [6.45, 7) is 13.5. The number of hydrogen-bond donors (Lipinski definition) is 3. The van der Waals surface area contributed by atoms with Gasteiger partial charge in [0, 0.05) is 12.1 Å². The molecule has 0 radical (unpaired) electrons. The largest absolute Gasteiger partial charge is 0.388 e. The highest BCUT2D eigenvalue weighted by molar-refractivity contribution is 7.13. The molecule has 1 aliphatic rings. The molecule has 1 saturated heterocycles. The molecule has 2 aromatic rings. The van der Waals surface area contributed by atoms with E-state index in [-0.39, 0.29) is 18.6 Å². The van der Waals surface area contributed by atoms with Crippen LogP contribution in [-0.2, 0) is 16.1 Å². The number of nitrogens with zero attached hydrogens (tertiary/aromatic N) is 2. The van der Waals surface area contributed by atoms with Crippen molar-refractivity contribution in [2.45, 2.75) is 84.9 Å². The maximum Gasteiger partial charge on any atom is 0.246 e. The number of thiazole rings is 1. The van der Waals surface area contributed by atoms with Gasteiger partial charge >= 0.3 is 0 Å². The number of alkyl halides is 1. The Morgan fingerprint density at radius 3 is 2.34 bits per heavy atom. The van der Waals surface area contributed by atoms with Crippen molar-refractivity contribution in [1.29, 1.82) is 0 Å². The van der Waals surface area contributed by atoms with Crippen molar-refractivity contribution in [2.75, 3.05) is 6.54 Å². The second-order valence-corrected chi connectivity index (χ2v) is 12.2. The molecule has 4 atom stereocenters. The van der Waals surface area contributed by atoms with Crippen molar-refractivity contribution in [3.63, 3.8) is 0 Å². The van der Waals surface area contributed by atoms with Crippen LogP contribution < -0.4 is 10.6 Å². The number of aryl methyl sites for hydroxylation is 1. The van der Waals surface area contributed by atoms with E-state index in [1.165, 1.54) is 4.90 Å². The van der Waals surface area contributed by atoms with E-state index in [0.717, 1.165) is 21.7 Å². The summed E-state index contributed by atoms with van der Waals surface area (Å²) in [6, 6.07) is 5.68. The van der Waals surface area contributed by atoms with Gasteiger partial charge in [0.2, 0.25) is 11.8 Å². The summed E-state index contributed by atoms with van der Waals surface area (Å²) >= 11 is 1.57. The van der Waals surface area contributed by atoms with Crippen LogP contribution in [0.1, 0.15) is 52.8 Å². The zero-order valence-electron chi connectivity index (χ0n) is 21.6. The predicted octanol–water partition coefficient (Wildman–Crippen LogP) is 3.45. The lowest BCUT2D eigenvalue weighted by Gasteiger charge is -2.39. The molecular formula is C26H37FN4O3S. The fourth-order valence-corrected chi connectivity index (χ4v) is 5.02. The van der Waals surface area contributed by atoms with Gasteiger partial charge in [0.1, 0.15) is 12.1 Å². The number of carbonyl (C=O) groups is 2. The second-order valence-electron chi connectivity index (χ2n) is 11.3. The van der Waals surface area contributed by atoms with Crippen LogP contribution >= 0.6 is 11.3 Å². The third kappa shape index (κ3) is 6.45. The van der Waals surface area contributed by atoms with Crippen LogP contribution in [0.4, 0.5) is 4.39 Å². The van der Waals surface area contributed by atoms with Gasteiger partial charge in [0.15, 0.2) is 6.17 Å². The number of carbonyl (C=O) groups excluding carboxylic acids is 2. The van der Waals surface area contributed by atoms with Crippen LogP contribution in [0.2, 0.25) is 0 Å². The Morgan fingerprint density at radius 1 is 1.20 bits per heavy atom. The molecule has 0 spiro atoms. The van der Waals surface area contributed by atoms with Crippen LogP contribution in [0.5, 0.6) is 0 Å². The van der Waals surface area contributed by atoms with Crippen molar-refractivity contribution in [3.8, 4) is 10.4 Å². The van der Waals surface area contributed by atoms with Gasteiger partial charge in [0.25, 0.3) is 0 Å². The summed E-state index contributed by atoms with van der Waals surface area (Å²) in [5.74, 6) is -1.01. The fraction of sp³-hybridized carbons (Fsp3) is 0.577. The Morgan fingerprint density at radius 2 is 1.83 bits per heavy atom. The predicted molar refractivity (Wildman–Crippen MR) is 137 cm³/mol. The maximum atomic E-state index is 15.0. The number of halogens is 1. The number of benzene rings is 1. The first-order valence-corrected chi connectivity index (χ1v) is 12.7. The number of likely N-dealkylation sites (tertiary alicyclic amines) is 1. The molecule has 1 aromatic carbocycles. The van der Waals surface area contributed by atoms with Crippen molar-refractivity contribution < 1.29 is 19.1 Å². The van der Waals surface area contributed by atoms with E-state index < -0.39 is 41.6 Å². The molecule has 1 aromatic heterocycles. The van der Waals surface area contributed by atoms with Gasteiger partial charge in [-0.15, -0.1) is 11.3 Å². The lowest BCUT2D eigenvalue weighted by atomic mass is 9.84. The minimum Gasteiger partial charge on any atom is -0.388 e. The molecule has 0 bridgehead atoms. The summed E-state index contributed by atoms with van der Waals surface area (Å²) in [4.78, 5) is 33.1. The SMILES string of the molecule is Cc1ncsc1-c1ccc(CNC(=O)C2[C@@H](F)[C@@H](O)CN2C(=O)C(NC(C)(C)C)C(C)(C)C)cc1. The first-order chi connectivity index (χ1) is 16.2. The van der Waals surface area contributed by atoms with Crippen LogP contribution in [0.15, 0.2) is 29.8 Å². The van der Waals surface area contributed by atoms with Crippen LogP contribution in [0.25, 0.3) is 10.4 Å². The lowest BCUT2D eigenvalue weighted by molar-refractivity contribution is -0.143. The van der Waals surface area contributed by atoms with Crippen molar-refractivity contribution >= 4 is 23.2 Å². The van der Waals surface area contributed by atoms with E-state index >= 15 is 0 Å². The van der Waals surface area contributed by atoms with Gasteiger partial charge in [-0.25, -0.2) is 9.37 Å². The first-order valence-electron chi connectivity index (χ1n) is 11.9. The van der Waals surface area contributed by atoms with Crippen molar-refractivity contribution in [1.82, 2.24) is 20.5 Å². The molecule has 1 fully saturated rings. The number of nitrogens with one attached hydrogen (secondary N) is 2. The van der Waals surface area contributed by atoms with Gasteiger partial charge in [0.05, 0.1) is 28.7 Å². The standard InChI is InChI=1S/C26H37FN4O3S/c1-15-21(35-14-29-15)17-10-8-16(9-11-17)12-28-23(33)20-19(27)18(32)13-31(20)24(34)22(25(2,3)4)30-26(5,6)7/h8-11,14,18-20,22,30,32H,12-13H2,1-7H3,(H,28,33)/t18-,19-,20?,22?/m0/s1. The number of β-amino-alcohol motifs (C(OH)–C–C–N with tert-alkyl or cyclic N) is 1. The Hall–Kier alpha value is -2.36. The van der Waals surface area contributed by atoms with E-state index in [1.54, 1.807) is 16.8 Å². The number of rotatable bonds is 6. The van der Waals surface area contributed by atoms with Crippen LogP contribution in [0, 0.1) is 12.3 Å². The van der Waals surface area contributed by atoms with Crippen LogP contribution in [0.3, 0.4) is 0 Å². The minimum absolute atomic E-state index is 0.186. The summed E-state index contributed by atoms with van der Waals surface area (Å²) in [6.07, 6.45) is -3.27. The van der Waals surface area contributed by atoms with E-state index in [1.807, 2.05) is 72.7 Å². The molecule has 2 amide bonds. The van der Waals surface area contributed by atoms with Crippen molar-refractivity contribution in [3.05, 3.63) is 41.0 Å². The molecule has 3 rings (SSSR count). The van der Waals surface area contributed by atoms with E-state index in [9.17, 15) is 19.1 Å². The average molecular weight is 505 g/mol. The molecule has 1 aliphatic heterocycles. The molecule has 0 aliphatic carbocycles. The Balaban J connectivity index is 1.73. The molecule has 35 heavy (non-hydrogen) atoms. The molecule has 2 heterocycles. The molecule has 9 heteroatoms. The van der Waals surface area contributed by atoms with E-state index in [4.69, 9.17) is 0 Å². The highest BCUT2D eigenvalue weighted by atomic mass is 32.1. The van der Waals surface area contributed by atoms with E-state index in [2.05, 4.69) is 15.6 Å². The summed E-state index contributed by atoms with van der Waals surface area (Å²) in [5.41, 5.74) is 3.79. The molecule has 0 saturated carbocycles. The highest BCUT2D eigenvalue weighted by Gasteiger charge is 2.50. The van der Waals surface area contributed by atoms with Gasteiger partial charge < -0.3 is 20.6 Å². The third-order valence-electron chi connectivity index (χ3n) is 6.06. The number of aliphatic hydroxyl groups is 1. The second kappa shape index (κ2) is 10.3. The Kier molecular flexibility index (Phi) is 8.03. The summed E-state index contributed by atoms with van der Waals surface area (Å²) in [5, 5.41) is 16.3. The van der Waals surface area contributed by atoms with Gasteiger partial charge in [-0.05, 0) is 44.2 Å². The minimum atomic E-state index is -1.86. The Bertz CT molecular complexity index is 1040. The molecule has 2 unspecified atom stereocenters. The van der Waals surface area contributed by atoms with Gasteiger partial charge in [-0.2, -0.15) is 0 Å². The smallest absolute Gasteiger partial charge is 0.246 e. The third-order valence-corrected chi connectivity index (χ3v) is 7.04. The first kappa shape index (κ1) is 27.2. The normalized spacial score (nSPS) is 21.7. The average Bonchev–Trinajstić information content (AvgIpc) is 3.32. The quantitative estimate of drug-likeness (QED) is 0.560. The molecule has 7 nitrogen and oxygen atoms in total. The lowest BCUT2D eigenvalue weighted by Crippen LogP contribution is -2.60. The number of amides is 2. The summed E-state index contributed by atoms with van der Waals surface area (Å²) in [7, 11) is 0. The molecular weight excluding hydrogens is 467 g/mol. The number of aromatic nitrogens is 1. The summed E-state index contributed by atoms with van der Waals surface area (Å²) < 4.78 is 15.0.